The molecule has 1 atom stereocenters. The molecule has 0 unspecified atom stereocenters. The number of ether oxygens (including phenoxy) is 1. The number of nitrogens with one attached hydrogen (secondary N) is 2. The zero-order valence-corrected chi connectivity index (χ0v) is 28.7. The van der Waals surface area contributed by atoms with E-state index in [1.165, 1.54) is 47.4 Å². The minimum absolute atomic E-state index is 0.000458. The number of rotatable bonds is 11. The van der Waals surface area contributed by atoms with Gasteiger partial charge in [0.25, 0.3) is 0 Å². The van der Waals surface area contributed by atoms with Gasteiger partial charge < -0.3 is 30.1 Å². The second-order valence-electron chi connectivity index (χ2n) is 13.8. The van der Waals surface area contributed by atoms with Crippen LogP contribution in [0.15, 0.2) is 31.0 Å². The summed E-state index contributed by atoms with van der Waals surface area (Å²) in [5.74, 6) is -3.49. The van der Waals surface area contributed by atoms with E-state index in [1.54, 1.807) is 6.92 Å². The van der Waals surface area contributed by atoms with Gasteiger partial charge in [-0.05, 0) is 70.7 Å². The van der Waals surface area contributed by atoms with Gasteiger partial charge in [-0.1, -0.05) is 13.0 Å². The quantitative estimate of drug-likeness (QED) is 0.188. The summed E-state index contributed by atoms with van der Waals surface area (Å²) in [7, 11) is 0. The SMILES string of the molecule is C=CC(=O)Nc1cc(Nc2ncc3c(n2)N(C2CCC(F)(F)CC2)C(=O)N([C@@H](C)CF)C3)c(OC(F)F)cc1N1CCC(N2CCCCC2)CC1. The van der Waals surface area contributed by atoms with Crippen molar-refractivity contribution in [3.63, 3.8) is 0 Å². The van der Waals surface area contributed by atoms with E-state index >= 15 is 0 Å². The summed E-state index contributed by atoms with van der Waals surface area (Å²) >= 11 is 0. The molecule has 51 heavy (non-hydrogen) atoms. The fourth-order valence-electron chi connectivity index (χ4n) is 7.58. The fraction of sp³-hybridized carbons (Fsp3) is 0.600. The highest BCUT2D eigenvalue weighted by Gasteiger charge is 2.43. The third-order valence-electron chi connectivity index (χ3n) is 10.4. The molecule has 2 aromatic rings. The Hall–Kier alpha value is -4.21. The summed E-state index contributed by atoms with van der Waals surface area (Å²) in [5.41, 5.74) is 1.32. The minimum Gasteiger partial charge on any atom is -0.433 e. The molecule has 3 aliphatic heterocycles. The van der Waals surface area contributed by atoms with Crippen molar-refractivity contribution in [1.82, 2.24) is 19.8 Å². The zero-order chi connectivity index (χ0) is 36.3. The predicted molar refractivity (Wildman–Crippen MR) is 184 cm³/mol. The first-order valence-electron chi connectivity index (χ1n) is 17.7. The molecule has 1 aliphatic carbocycles. The molecule has 1 aromatic heterocycles. The lowest BCUT2D eigenvalue weighted by Crippen LogP contribution is -2.56. The molecule has 1 saturated carbocycles. The number of anilines is 5. The molecule has 3 amide bonds. The topological polar surface area (TPSA) is 106 Å². The van der Waals surface area contributed by atoms with Crippen LogP contribution in [0.3, 0.4) is 0 Å². The number of hydrogen-bond acceptors (Lipinski definition) is 8. The Labute approximate surface area is 294 Å². The highest BCUT2D eigenvalue weighted by atomic mass is 19.3. The molecule has 11 nitrogen and oxygen atoms in total. The number of carbonyl (C=O) groups excluding carboxylic acids is 2. The number of nitrogens with zero attached hydrogens (tertiary/aromatic N) is 6. The van der Waals surface area contributed by atoms with E-state index in [-0.39, 0.29) is 42.6 Å². The van der Waals surface area contributed by atoms with Crippen molar-refractivity contribution >= 4 is 40.8 Å². The van der Waals surface area contributed by atoms with Gasteiger partial charge in [-0.2, -0.15) is 13.8 Å². The standard InChI is InChI=1S/C35H45F5N8O3/c1-3-30(49)42-26-17-27(29(51-32(37)38)18-28(26)46-15-9-24(10-16-46)45-13-5-4-6-14-45)43-33-41-20-23-21-47(22(2)19-36)34(50)48(31(23)44-33)25-7-11-35(39,40)12-8-25/h3,17-18,20,22,24-25,32H,1,4-16,19,21H2,2H3,(H,42,49)(H,41,43,44)/t22-/m0/s1. The first-order valence-corrected chi connectivity index (χ1v) is 17.7. The summed E-state index contributed by atoms with van der Waals surface area (Å²) in [4.78, 5) is 42.4. The Balaban J connectivity index is 1.32. The third-order valence-corrected chi connectivity index (χ3v) is 10.4. The highest BCUT2D eigenvalue weighted by molar-refractivity contribution is 6.02. The van der Waals surface area contributed by atoms with Gasteiger partial charge in [0.1, 0.15) is 12.5 Å². The predicted octanol–water partition coefficient (Wildman–Crippen LogP) is 7.08. The molecule has 2 N–H and O–H groups in total. The normalized spacial score (nSPS) is 21.0. The fourth-order valence-corrected chi connectivity index (χ4v) is 7.58. The van der Waals surface area contributed by atoms with Crippen molar-refractivity contribution in [1.29, 1.82) is 0 Å². The number of aromatic nitrogens is 2. The van der Waals surface area contributed by atoms with Gasteiger partial charge in [-0.25, -0.2) is 22.9 Å². The summed E-state index contributed by atoms with van der Waals surface area (Å²) in [6.07, 6.45) is 7.08. The van der Waals surface area contributed by atoms with Crippen LogP contribution in [0.25, 0.3) is 0 Å². The van der Waals surface area contributed by atoms with Crippen molar-refractivity contribution in [3.8, 4) is 5.75 Å². The number of halogens is 5. The number of carbonyl (C=O) groups is 2. The maximum atomic E-state index is 14.1. The third kappa shape index (κ3) is 8.31. The minimum atomic E-state index is -3.18. The van der Waals surface area contributed by atoms with Gasteiger partial charge >= 0.3 is 12.6 Å². The lowest BCUT2D eigenvalue weighted by molar-refractivity contribution is -0.111. The number of amides is 3. The van der Waals surface area contributed by atoms with E-state index in [1.807, 2.05) is 4.90 Å². The second kappa shape index (κ2) is 15.6. The van der Waals surface area contributed by atoms with Crippen molar-refractivity contribution in [2.24, 2.45) is 0 Å². The number of alkyl halides is 5. The van der Waals surface area contributed by atoms with E-state index in [9.17, 15) is 31.5 Å². The van der Waals surface area contributed by atoms with Crippen LogP contribution in [-0.4, -0.2) is 95.2 Å². The molecule has 278 valence electrons. The number of likely N-dealkylation sites (tertiary alicyclic amines) is 1. The van der Waals surface area contributed by atoms with Gasteiger partial charge in [0, 0.05) is 55.8 Å². The first-order chi connectivity index (χ1) is 24.5. The van der Waals surface area contributed by atoms with Crippen LogP contribution in [0.5, 0.6) is 5.75 Å². The molecule has 0 bridgehead atoms. The molecule has 4 aliphatic rings. The largest absolute Gasteiger partial charge is 0.433 e. The maximum Gasteiger partial charge on any atom is 0.387 e. The molecule has 3 fully saturated rings. The molecule has 0 radical (unpaired) electrons. The maximum absolute atomic E-state index is 14.1. The zero-order valence-electron chi connectivity index (χ0n) is 28.7. The van der Waals surface area contributed by atoms with E-state index in [0.29, 0.717) is 36.1 Å². The number of urea groups is 1. The summed E-state index contributed by atoms with van der Waals surface area (Å²) in [6.45, 7) is 4.54. The van der Waals surface area contributed by atoms with Gasteiger partial charge in [0.05, 0.1) is 29.6 Å². The Kier molecular flexibility index (Phi) is 11.2. The van der Waals surface area contributed by atoms with E-state index in [4.69, 9.17) is 4.74 Å². The van der Waals surface area contributed by atoms with Crippen molar-refractivity contribution in [2.45, 2.75) is 102 Å². The Bertz CT molecular complexity index is 1570. The first kappa shape index (κ1) is 36.6. The van der Waals surface area contributed by atoms with Gasteiger partial charge in [0.15, 0.2) is 5.75 Å². The lowest BCUT2D eigenvalue weighted by atomic mass is 9.90. The van der Waals surface area contributed by atoms with E-state index < -0.39 is 56.1 Å². The van der Waals surface area contributed by atoms with Crippen LogP contribution in [0, 0.1) is 0 Å². The van der Waals surface area contributed by atoms with E-state index in [0.717, 1.165) is 32.0 Å². The van der Waals surface area contributed by atoms with Crippen molar-refractivity contribution in [3.05, 3.63) is 36.5 Å². The molecular weight excluding hydrogens is 675 g/mol. The van der Waals surface area contributed by atoms with Crippen LogP contribution in [0.2, 0.25) is 0 Å². The van der Waals surface area contributed by atoms with Crippen molar-refractivity contribution < 1.29 is 36.3 Å². The molecular formula is C35H45F5N8O3. The Morgan fingerprint density at radius 3 is 2.41 bits per heavy atom. The highest BCUT2D eigenvalue weighted by Crippen LogP contribution is 2.42. The van der Waals surface area contributed by atoms with Crippen LogP contribution >= 0.6 is 0 Å². The molecule has 1 aromatic carbocycles. The van der Waals surface area contributed by atoms with Crippen LogP contribution < -0.4 is 25.2 Å². The van der Waals surface area contributed by atoms with Crippen LogP contribution in [0.1, 0.15) is 70.3 Å². The number of hydrogen-bond donors (Lipinski definition) is 2. The second-order valence-corrected chi connectivity index (χ2v) is 13.8. The van der Waals surface area contributed by atoms with E-state index in [2.05, 4.69) is 32.1 Å². The summed E-state index contributed by atoms with van der Waals surface area (Å²) in [5, 5.41) is 5.71. The van der Waals surface area contributed by atoms with Crippen LogP contribution in [0.4, 0.5) is 55.6 Å². The van der Waals surface area contributed by atoms with Gasteiger partial charge in [-0.15, -0.1) is 0 Å². The smallest absolute Gasteiger partial charge is 0.387 e. The van der Waals surface area contributed by atoms with Gasteiger partial charge in [-0.3, -0.25) is 9.69 Å². The molecule has 6 rings (SSSR count). The van der Waals surface area contributed by atoms with Gasteiger partial charge in [0.2, 0.25) is 17.8 Å². The summed E-state index contributed by atoms with van der Waals surface area (Å²) < 4.78 is 74.6. The molecule has 2 saturated heterocycles. The Morgan fingerprint density at radius 1 is 1.06 bits per heavy atom. The number of piperidine rings is 2. The molecule has 4 heterocycles. The average molecular weight is 721 g/mol. The molecule has 16 heteroatoms. The lowest BCUT2D eigenvalue weighted by Gasteiger charge is -2.43. The monoisotopic (exact) mass is 720 g/mol. The van der Waals surface area contributed by atoms with Crippen molar-refractivity contribution in [2.75, 3.05) is 53.3 Å². The molecule has 0 spiro atoms. The summed E-state index contributed by atoms with van der Waals surface area (Å²) in [6, 6.07) is 1.38. The number of benzene rings is 1. The van der Waals surface area contributed by atoms with Crippen LogP contribution in [-0.2, 0) is 11.3 Å². The average Bonchev–Trinajstić information content (AvgIpc) is 3.12. The Morgan fingerprint density at radius 2 is 1.76 bits per heavy atom. The number of fused-ring (bicyclic) bond motifs is 1.